The van der Waals surface area contributed by atoms with Crippen LogP contribution in [0.15, 0.2) is 36.7 Å². The number of hydrogen-bond donors (Lipinski definition) is 1. The number of piperidine rings is 1. The van der Waals surface area contributed by atoms with Crippen LogP contribution in [0.4, 0.5) is 4.39 Å². The van der Waals surface area contributed by atoms with E-state index in [0.29, 0.717) is 19.0 Å². The Hall–Kier alpha value is -2.83. The fourth-order valence-corrected chi connectivity index (χ4v) is 3.05. The second kappa shape index (κ2) is 7.38. The molecule has 1 amide bonds. The fourth-order valence-electron chi connectivity index (χ4n) is 3.05. The van der Waals surface area contributed by atoms with Crippen molar-refractivity contribution < 1.29 is 19.1 Å². The van der Waals surface area contributed by atoms with Crippen LogP contribution in [0.25, 0.3) is 0 Å². The van der Waals surface area contributed by atoms with Crippen molar-refractivity contribution in [3.8, 4) is 0 Å². The van der Waals surface area contributed by atoms with Gasteiger partial charge in [-0.05, 0) is 42.9 Å². The van der Waals surface area contributed by atoms with Crippen LogP contribution in [0, 0.1) is 11.7 Å². The number of carbonyl (C=O) groups is 2. The predicted octanol–water partition coefficient (Wildman–Crippen LogP) is 2.41. The molecule has 1 N–H and O–H groups in total. The Balaban J connectivity index is 1.56. The SMILES string of the molecule is O=C(O)c1cnc(C(=O)N2CCC(Cc3cccc(F)c3)CC2)cn1. The van der Waals surface area contributed by atoms with Crippen LogP contribution in [0.3, 0.4) is 0 Å². The number of benzene rings is 1. The molecule has 0 radical (unpaired) electrons. The van der Waals surface area contributed by atoms with E-state index in [1.165, 1.54) is 12.3 Å². The summed E-state index contributed by atoms with van der Waals surface area (Å²) in [4.78, 5) is 32.5. The highest BCUT2D eigenvalue weighted by Crippen LogP contribution is 2.23. The van der Waals surface area contributed by atoms with Gasteiger partial charge in [0.2, 0.25) is 0 Å². The highest BCUT2D eigenvalue weighted by atomic mass is 19.1. The minimum atomic E-state index is -1.18. The molecule has 1 aromatic heterocycles. The normalized spacial score (nSPS) is 15.2. The summed E-state index contributed by atoms with van der Waals surface area (Å²) < 4.78 is 13.3. The molecule has 130 valence electrons. The number of nitrogens with zero attached hydrogens (tertiary/aromatic N) is 3. The van der Waals surface area contributed by atoms with Gasteiger partial charge in [-0.15, -0.1) is 0 Å². The molecule has 1 aliphatic heterocycles. The molecular weight excluding hydrogens is 325 g/mol. The molecule has 25 heavy (non-hydrogen) atoms. The van der Waals surface area contributed by atoms with E-state index in [-0.39, 0.29) is 23.1 Å². The van der Waals surface area contributed by atoms with Gasteiger partial charge in [-0.25, -0.2) is 19.2 Å². The van der Waals surface area contributed by atoms with Crippen LogP contribution in [-0.4, -0.2) is 44.9 Å². The average Bonchev–Trinajstić information content (AvgIpc) is 2.62. The van der Waals surface area contributed by atoms with Gasteiger partial charge in [-0.2, -0.15) is 0 Å². The summed E-state index contributed by atoms with van der Waals surface area (Å²) in [6.07, 6.45) is 4.76. The van der Waals surface area contributed by atoms with Crippen LogP contribution >= 0.6 is 0 Å². The molecule has 7 heteroatoms. The number of carboxylic acid groups (broad SMARTS) is 1. The monoisotopic (exact) mass is 343 g/mol. The van der Waals surface area contributed by atoms with Gasteiger partial charge in [0.05, 0.1) is 12.4 Å². The van der Waals surface area contributed by atoms with Crippen molar-refractivity contribution in [1.29, 1.82) is 0 Å². The van der Waals surface area contributed by atoms with Crippen molar-refractivity contribution in [3.63, 3.8) is 0 Å². The Bertz CT molecular complexity index is 771. The third-order valence-corrected chi connectivity index (χ3v) is 4.41. The first kappa shape index (κ1) is 17.0. The summed E-state index contributed by atoms with van der Waals surface area (Å²) in [5, 5.41) is 8.81. The molecule has 0 saturated carbocycles. The lowest BCUT2D eigenvalue weighted by Gasteiger charge is -2.31. The molecule has 0 bridgehead atoms. The van der Waals surface area contributed by atoms with Crippen molar-refractivity contribution in [1.82, 2.24) is 14.9 Å². The van der Waals surface area contributed by atoms with Crippen LogP contribution in [0.5, 0.6) is 0 Å². The molecule has 1 fully saturated rings. The van der Waals surface area contributed by atoms with E-state index in [4.69, 9.17) is 5.11 Å². The molecule has 0 spiro atoms. The Morgan fingerprint density at radius 2 is 1.84 bits per heavy atom. The first-order valence-corrected chi connectivity index (χ1v) is 8.12. The van der Waals surface area contributed by atoms with E-state index in [1.54, 1.807) is 17.0 Å². The fraction of sp³-hybridized carbons (Fsp3) is 0.333. The molecule has 3 rings (SSSR count). The van der Waals surface area contributed by atoms with E-state index in [1.807, 2.05) is 6.07 Å². The lowest BCUT2D eigenvalue weighted by atomic mass is 9.90. The van der Waals surface area contributed by atoms with Gasteiger partial charge in [-0.1, -0.05) is 12.1 Å². The minimum Gasteiger partial charge on any atom is -0.476 e. The van der Waals surface area contributed by atoms with E-state index in [2.05, 4.69) is 9.97 Å². The van der Waals surface area contributed by atoms with Crippen molar-refractivity contribution >= 4 is 11.9 Å². The maximum Gasteiger partial charge on any atom is 0.356 e. The molecule has 1 saturated heterocycles. The maximum atomic E-state index is 13.3. The second-order valence-electron chi connectivity index (χ2n) is 6.16. The number of likely N-dealkylation sites (tertiary alicyclic amines) is 1. The maximum absolute atomic E-state index is 13.3. The topological polar surface area (TPSA) is 83.4 Å². The molecule has 1 aliphatic rings. The summed E-state index contributed by atoms with van der Waals surface area (Å²) in [6, 6.07) is 6.61. The minimum absolute atomic E-state index is 0.147. The quantitative estimate of drug-likeness (QED) is 0.922. The summed E-state index contributed by atoms with van der Waals surface area (Å²) in [5.41, 5.74) is 0.929. The smallest absolute Gasteiger partial charge is 0.356 e. The molecule has 6 nitrogen and oxygen atoms in total. The molecule has 1 aromatic carbocycles. The average molecular weight is 343 g/mol. The summed E-state index contributed by atoms with van der Waals surface area (Å²) in [7, 11) is 0. The number of rotatable bonds is 4. The van der Waals surface area contributed by atoms with Crippen LogP contribution in [0.1, 0.15) is 39.4 Å². The van der Waals surface area contributed by atoms with Crippen molar-refractivity contribution in [3.05, 3.63) is 59.4 Å². The second-order valence-corrected chi connectivity index (χ2v) is 6.16. The Labute approximate surface area is 144 Å². The van der Waals surface area contributed by atoms with E-state index < -0.39 is 5.97 Å². The standard InChI is InChI=1S/C18H18FN3O3/c19-14-3-1-2-13(9-14)8-12-4-6-22(7-5-12)17(23)15-10-21-16(11-20-15)18(24)25/h1-3,9-12H,4-8H2,(H,24,25). The lowest BCUT2D eigenvalue weighted by molar-refractivity contribution is 0.0669. The molecule has 0 unspecified atom stereocenters. The number of halogens is 1. The summed E-state index contributed by atoms with van der Waals surface area (Å²) in [5.74, 6) is -1.24. The van der Waals surface area contributed by atoms with Gasteiger partial charge < -0.3 is 10.0 Å². The van der Waals surface area contributed by atoms with Gasteiger partial charge in [0, 0.05) is 13.1 Å². The number of amides is 1. The predicted molar refractivity (Wildman–Crippen MR) is 87.7 cm³/mol. The Kier molecular flexibility index (Phi) is 5.02. The number of aromatic nitrogens is 2. The zero-order valence-corrected chi connectivity index (χ0v) is 13.6. The van der Waals surface area contributed by atoms with Crippen molar-refractivity contribution in [2.75, 3.05) is 13.1 Å². The lowest BCUT2D eigenvalue weighted by Crippen LogP contribution is -2.39. The van der Waals surface area contributed by atoms with Crippen molar-refractivity contribution in [2.24, 2.45) is 5.92 Å². The first-order chi connectivity index (χ1) is 12.0. The van der Waals surface area contributed by atoms with Gasteiger partial charge in [0.1, 0.15) is 11.5 Å². The Morgan fingerprint density at radius 1 is 1.16 bits per heavy atom. The number of carbonyl (C=O) groups excluding carboxylic acids is 1. The van der Waals surface area contributed by atoms with Crippen LogP contribution in [0.2, 0.25) is 0 Å². The largest absolute Gasteiger partial charge is 0.476 e. The zero-order chi connectivity index (χ0) is 17.8. The third-order valence-electron chi connectivity index (χ3n) is 4.41. The van der Waals surface area contributed by atoms with Gasteiger partial charge in [-0.3, -0.25) is 4.79 Å². The molecule has 0 atom stereocenters. The van der Waals surface area contributed by atoms with E-state index >= 15 is 0 Å². The Morgan fingerprint density at radius 3 is 2.44 bits per heavy atom. The summed E-state index contributed by atoms with van der Waals surface area (Å²) in [6.45, 7) is 1.20. The molecular formula is C18H18FN3O3. The number of hydrogen-bond acceptors (Lipinski definition) is 4. The molecule has 2 heterocycles. The molecule has 2 aromatic rings. The first-order valence-electron chi connectivity index (χ1n) is 8.12. The van der Waals surface area contributed by atoms with E-state index in [0.717, 1.165) is 31.0 Å². The van der Waals surface area contributed by atoms with Crippen LogP contribution in [-0.2, 0) is 6.42 Å². The van der Waals surface area contributed by atoms with Crippen LogP contribution < -0.4 is 0 Å². The third kappa shape index (κ3) is 4.17. The number of aromatic carboxylic acids is 1. The van der Waals surface area contributed by atoms with Gasteiger partial charge >= 0.3 is 5.97 Å². The zero-order valence-electron chi connectivity index (χ0n) is 13.6. The highest BCUT2D eigenvalue weighted by Gasteiger charge is 2.25. The highest BCUT2D eigenvalue weighted by molar-refractivity contribution is 5.92. The summed E-state index contributed by atoms with van der Waals surface area (Å²) >= 11 is 0. The van der Waals surface area contributed by atoms with Crippen molar-refractivity contribution in [2.45, 2.75) is 19.3 Å². The van der Waals surface area contributed by atoms with Gasteiger partial charge in [0.25, 0.3) is 5.91 Å². The number of carboxylic acids is 1. The molecule has 0 aliphatic carbocycles. The van der Waals surface area contributed by atoms with Gasteiger partial charge in [0.15, 0.2) is 5.69 Å². The van der Waals surface area contributed by atoms with E-state index in [9.17, 15) is 14.0 Å².